The van der Waals surface area contributed by atoms with Crippen LogP contribution in [0.15, 0.2) is 30.7 Å². The van der Waals surface area contributed by atoms with Crippen LogP contribution in [0.25, 0.3) is 5.69 Å². The molecule has 11 heteroatoms. The van der Waals surface area contributed by atoms with Crippen molar-refractivity contribution < 1.29 is 22.2 Å². The first kappa shape index (κ1) is 20.4. The van der Waals surface area contributed by atoms with Crippen LogP contribution in [-0.4, -0.2) is 49.6 Å². The van der Waals surface area contributed by atoms with Crippen LogP contribution in [0.5, 0.6) is 0 Å². The molecule has 2 rings (SSSR count). The number of anilines is 1. The van der Waals surface area contributed by atoms with E-state index >= 15 is 0 Å². The number of rotatable bonds is 6. The van der Waals surface area contributed by atoms with Crippen molar-refractivity contribution in [2.75, 3.05) is 23.5 Å². The van der Waals surface area contributed by atoms with Crippen LogP contribution >= 0.6 is 11.6 Å². The summed E-state index contributed by atoms with van der Waals surface area (Å²) in [6.45, 7) is 1.42. The third-order valence-corrected chi connectivity index (χ3v) is 5.23. The summed E-state index contributed by atoms with van der Waals surface area (Å²) in [5, 5.41) is 4.14. The molecule has 0 bridgehead atoms. The van der Waals surface area contributed by atoms with Crippen LogP contribution in [0.3, 0.4) is 0 Å². The molecule has 0 aromatic carbocycles. The molecule has 2 heterocycles. The van der Waals surface area contributed by atoms with Gasteiger partial charge in [-0.1, -0.05) is 18.5 Å². The fourth-order valence-electron chi connectivity index (χ4n) is 2.23. The number of carbonyl (C=O) groups excluding carboxylic acids is 1. The summed E-state index contributed by atoms with van der Waals surface area (Å²) in [5.41, 5.74) is 0.912. The van der Waals surface area contributed by atoms with E-state index in [4.69, 9.17) is 11.6 Å². The molecular weight excluding hydrogens is 393 g/mol. The number of halogens is 4. The minimum atomic E-state index is -4.53. The molecule has 2 aromatic heterocycles. The van der Waals surface area contributed by atoms with E-state index in [1.54, 1.807) is 24.5 Å². The standard InChI is InChI=1S/C15H16ClF3N4O2S/c1-10(8-26(25)9-15(17,18)19)14(24)22(2)12-7-23(21-13(12)16)11-4-3-5-20-6-11/h3-7,10H,8-9H2,1-2H3. The van der Waals surface area contributed by atoms with Crippen LogP contribution in [0.1, 0.15) is 6.92 Å². The second kappa shape index (κ2) is 8.17. The van der Waals surface area contributed by atoms with E-state index in [9.17, 15) is 22.2 Å². The van der Waals surface area contributed by atoms with Crippen LogP contribution in [0, 0.1) is 5.92 Å². The van der Waals surface area contributed by atoms with Crippen molar-refractivity contribution in [3.63, 3.8) is 0 Å². The summed E-state index contributed by atoms with van der Waals surface area (Å²) >= 11 is 6.08. The molecular formula is C15H16ClF3N4O2S. The number of aromatic nitrogens is 3. The van der Waals surface area contributed by atoms with Crippen molar-refractivity contribution in [1.82, 2.24) is 14.8 Å². The number of amides is 1. The van der Waals surface area contributed by atoms with Gasteiger partial charge in [-0.2, -0.15) is 18.3 Å². The second-order valence-electron chi connectivity index (χ2n) is 5.63. The molecule has 1 amide bonds. The first-order valence-electron chi connectivity index (χ1n) is 7.43. The van der Waals surface area contributed by atoms with Gasteiger partial charge < -0.3 is 4.90 Å². The van der Waals surface area contributed by atoms with Crippen molar-refractivity contribution in [3.8, 4) is 5.69 Å². The van der Waals surface area contributed by atoms with Gasteiger partial charge in [0.15, 0.2) is 5.15 Å². The molecule has 0 fully saturated rings. The maximum atomic E-state index is 12.4. The van der Waals surface area contributed by atoms with Crippen molar-refractivity contribution in [2.45, 2.75) is 13.1 Å². The van der Waals surface area contributed by atoms with Crippen molar-refractivity contribution in [2.24, 2.45) is 5.92 Å². The van der Waals surface area contributed by atoms with Crippen molar-refractivity contribution in [1.29, 1.82) is 0 Å². The summed E-state index contributed by atoms with van der Waals surface area (Å²) in [6, 6.07) is 3.45. The highest BCUT2D eigenvalue weighted by atomic mass is 35.5. The molecule has 0 aliphatic carbocycles. The lowest BCUT2D eigenvalue weighted by Crippen LogP contribution is -2.35. The molecule has 0 saturated heterocycles. The number of carbonyl (C=O) groups is 1. The average molecular weight is 409 g/mol. The molecule has 0 aliphatic heterocycles. The summed E-state index contributed by atoms with van der Waals surface area (Å²) in [5.74, 6) is -3.21. The van der Waals surface area contributed by atoms with Crippen molar-refractivity contribution in [3.05, 3.63) is 35.9 Å². The molecule has 26 heavy (non-hydrogen) atoms. The number of nitrogens with zero attached hydrogens (tertiary/aromatic N) is 4. The van der Waals surface area contributed by atoms with Gasteiger partial charge in [0, 0.05) is 35.7 Å². The Morgan fingerprint density at radius 3 is 2.73 bits per heavy atom. The lowest BCUT2D eigenvalue weighted by molar-refractivity contribution is -0.121. The third-order valence-electron chi connectivity index (χ3n) is 3.44. The molecule has 0 saturated carbocycles. The lowest BCUT2D eigenvalue weighted by Gasteiger charge is -2.20. The SMILES string of the molecule is CC(CS(=O)CC(F)(F)F)C(=O)N(C)c1cn(-c2cccnc2)nc1Cl. The molecule has 0 radical (unpaired) electrons. The monoisotopic (exact) mass is 408 g/mol. The summed E-state index contributed by atoms with van der Waals surface area (Å²) in [4.78, 5) is 17.6. The average Bonchev–Trinajstić information content (AvgIpc) is 2.94. The van der Waals surface area contributed by atoms with E-state index < -0.39 is 40.3 Å². The topological polar surface area (TPSA) is 68.1 Å². The third kappa shape index (κ3) is 5.28. The van der Waals surface area contributed by atoms with E-state index in [1.807, 2.05) is 0 Å². The van der Waals surface area contributed by atoms with Gasteiger partial charge in [-0.3, -0.25) is 14.0 Å². The van der Waals surface area contributed by atoms with Crippen LogP contribution in [0.4, 0.5) is 18.9 Å². The molecule has 2 unspecified atom stereocenters. The molecule has 0 spiro atoms. The molecule has 2 atom stereocenters. The van der Waals surface area contributed by atoms with Gasteiger partial charge in [0.1, 0.15) is 11.4 Å². The predicted octanol–water partition coefficient (Wildman–Crippen LogP) is 2.83. The molecule has 0 N–H and O–H groups in total. The van der Waals surface area contributed by atoms with Crippen LogP contribution in [-0.2, 0) is 15.6 Å². The Kier molecular flexibility index (Phi) is 6.40. The Bertz CT molecular complexity index is 798. The number of pyridine rings is 1. The summed E-state index contributed by atoms with van der Waals surface area (Å²) < 4.78 is 49.8. The highest BCUT2D eigenvalue weighted by Gasteiger charge is 2.32. The number of alkyl halides is 3. The van der Waals surface area contributed by atoms with Gasteiger partial charge in [-0.05, 0) is 12.1 Å². The highest BCUT2D eigenvalue weighted by Crippen LogP contribution is 2.26. The maximum Gasteiger partial charge on any atom is 0.400 e. The molecule has 2 aromatic rings. The molecule has 6 nitrogen and oxygen atoms in total. The number of hydrogen-bond donors (Lipinski definition) is 0. The van der Waals surface area contributed by atoms with Gasteiger partial charge in [0.2, 0.25) is 5.91 Å². The van der Waals surface area contributed by atoms with Gasteiger partial charge in [-0.25, -0.2) is 4.68 Å². The summed E-state index contributed by atoms with van der Waals surface area (Å²) in [6.07, 6.45) is 0.121. The fraction of sp³-hybridized carbons (Fsp3) is 0.400. The maximum absolute atomic E-state index is 12.4. The Balaban J connectivity index is 2.10. The van der Waals surface area contributed by atoms with Crippen LogP contribution in [0.2, 0.25) is 5.15 Å². The minimum Gasteiger partial charge on any atom is -0.311 e. The first-order chi connectivity index (χ1) is 12.1. The minimum absolute atomic E-state index is 0.0494. The van der Waals surface area contributed by atoms with E-state index in [1.165, 1.54) is 29.7 Å². The van der Waals surface area contributed by atoms with Crippen LogP contribution < -0.4 is 4.90 Å². The lowest BCUT2D eigenvalue weighted by atomic mass is 10.2. The normalized spacial score (nSPS) is 14.1. The van der Waals surface area contributed by atoms with E-state index in [2.05, 4.69) is 10.1 Å². The molecule has 142 valence electrons. The molecule has 0 aliphatic rings. The van der Waals surface area contributed by atoms with E-state index in [-0.39, 0.29) is 10.8 Å². The van der Waals surface area contributed by atoms with E-state index in [0.717, 1.165) is 0 Å². The predicted molar refractivity (Wildman–Crippen MR) is 92.9 cm³/mol. The first-order valence-corrected chi connectivity index (χ1v) is 9.30. The Morgan fingerprint density at radius 2 is 2.15 bits per heavy atom. The zero-order valence-electron chi connectivity index (χ0n) is 13.9. The quantitative estimate of drug-likeness (QED) is 0.737. The second-order valence-corrected chi connectivity index (χ2v) is 7.48. The highest BCUT2D eigenvalue weighted by molar-refractivity contribution is 7.85. The van der Waals surface area contributed by atoms with E-state index in [0.29, 0.717) is 5.69 Å². The Morgan fingerprint density at radius 1 is 1.46 bits per heavy atom. The zero-order chi connectivity index (χ0) is 19.5. The van der Waals surface area contributed by atoms with Gasteiger partial charge in [-0.15, -0.1) is 0 Å². The van der Waals surface area contributed by atoms with Crippen molar-refractivity contribution >= 4 is 34.0 Å². The smallest absolute Gasteiger partial charge is 0.311 e. The largest absolute Gasteiger partial charge is 0.400 e. The zero-order valence-corrected chi connectivity index (χ0v) is 15.5. The summed E-state index contributed by atoms with van der Waals surface area (Å²) in [7, 11) is -0.745. The fourth-order valence-corrected chi connectivity index (χ4v) is 3.67. The number of hydrogen-bond acceptors (Lipinski definition) is 4. The van der Waals surface area contributed by atoms with Gasteiger partial charge in [0.05, 0.1) is 18.1 Å². The Labute approximate surface area is 155 Å². The van der Waals surface area contributed by atoms with Gasteiger partial charge >= 0.3 is 6.18 Å². The Hall–Kier alpha value is -1.94. The van der Waals surface area contributed by atoms with Gasteiger partial charge in [0.25, 0.3) is 0 Å².